The van der Waals surface area contributed by atoms with Gasteiger partial charge in [0.1, 0.15) is 0 Å². The Morgan fingerprint density at radius 3 is 2.54 bits per heavy atom. The zero-order chi connectivity index (χ0) is 19.1. The zero-order valence-corrected chi connectivity index (χ0v) is 15.6. The third kappa shape index (κ3) is 3.44. The fourth-order valence-electron chi connectivity index (χ4n) is 3.80. The van der Waals surface area contributed by atoms with Gasteiger partial charge in [-0.05, 0) is 31.8 Å². The number of hydrogen-bond acceptors (Lipinski definition) is 7. The number of anilines is 2. The van der Waals surface area contributed by atoms with Crippen LogP contribution < -0.4 is 16.0 Å². The van der Waals surface area contributed by atoms with Crippen LogP contribution in [0.4, 0.5) is 11.9 Å². The summed E-state index contributed by atoms with van der Waals surface area (Å²) in [6, 6.07) is 0.804. The first-order valence-corrected chi connectivity index (χ1v) is 9.99. The van der Waals surface area contributed by atoms with E-state index in [2.05, 4.69) is 31.0 Å². The molecule has 28 heavy (non-hydrogen) atoms. The van der Waals surface area contributed by atoms with Crippen molar-refractivity contribution in [3.8, 4) is 0 Å². The number of carbonyl (C=O) groups is 2. The largest absolute Gasteiger partial charge is 0.351 e. The molecule has 0 atom stereocenters. The maximum absolute atomic E-state index is 11.9. The monoisotopic (exact) mass is 381 g/mol. The van der Waals surface area contributed by atoms with Crippen molar-refractivity contribution < 1.29 is 9.59 Å². The number of nitrogens with one attached hydrogen (secondary N) is 3. The molecule has 3 heterocycles. The van der Waals surface area contributed by atoms with E-state index in [0.29, 0.717) is 40.8 Å². The van der Waals surface area contributed by atoms with E-state index in [1.165, 1.54) is 19.3 Å². The second-order valence-electron chi connectivity index (χ2n) is 7.83. The highest BCUT2D eigenvalue weighted by Crippen LogP contribution is 2.27. The highest BCUT2D eigenvalue weighted by Gasteiger charge is 2.26. The first-order chi connectivity index (χ1) is 13.7. The van der Waals surface area contributed by atoms with Crippen LogP contribution in [0.3, 0.4) is 0 Å². The molecule has 9 heteroatoms. The summed E-state index contributed by atoms with van der Waals surface area (Å²) >= 11 is 0. The molecule has 2 aliphatic carbocycles. The average Bonchev–Trinajstić information content (AvgIpc) is 3.32. The molecule has 3 N–H and O–H groups in total. The molecule has 3 aliphatic rings. The topological polar surface area (TPSA) is 113 Å². The lowest BCUT2D eigenvalue weighted by Crippen LogP contribution is -2.24. The van der Waals surface area contributed by atoms with Crippen molar-refractivity contribution in [2.45, 2.75) is 63.5 Å². The second kappa shape index (κ2) is 6.88. The highest BCUT2D eigenvalue weighted by atomic mass is 16.2. The summed E-state index contributed by atoms with van der Waals surface area (Å²) in [6.45, 7) is 0. The van der Waals surface area contributed by atoms with Gasteiger partial charge in [0.15, 0.2) is 5.65 Å². The molecule has 2 amide bonds. The SMILES string of the molecule is O=C1C/C(=C\c2cnn3c(NC4CC4)nc(NC4CCCCC4)nc23)C(=O)N1. The third-order valence-electron chi connectivity index (χ3n) is 5.47. The van der Waals surface area contributed by atoms with E-state index in [1.807, 2.05) is 0 Å². The normalized spacial score (nSPS) is 22.1. The maximum atomic E-state index is 11.9. The molecule has 0 bridgehead atoms. The zero-order valence-electron chi connectivity index (χ0n) is 15.6. The minimum atomic E-state index is -0.352. The summed E-state index contributed by atoms with van der Waals surface area (Å²) in [7, 11) is 0. The van der Waals surface area contributed by atoms with E-state index in [4.69, 9.17) is 0 Å². The van der Waals surface area contributed by atoms with E-state index in [0.717, 1.165) is 25.7 Å². The smallest absolute Gasteiger partial charge is 0.254 e. The minimum Gasteiger partial charge on any atom is -0.351 e. The molecule has 2 aromatic rings. The molecule has 146 valence electrons. The van der Waals surface area contributed by atoms with E-state index in [9.17, 15) is 9.59 Å². The van der Waals surface area contributed by atoms with E-state index in [1.54, 1.807) is 16.8 Å². The Morgan fingerprint density at radius 2 is 1.82 bits per heavy atom. The van der Waals surface area contributed by atoms with Gasteiger partial charge in [-0.2, -0.15) is 19.6 Å². The molecule has 2 aromatic heterocycles. The number of rotatable bonds is 5. The Labute approximate surface area is 162 Å². The molecular formula is C19H23N7O2. The predicted octanol–water partition coefficient (Wildman–Crippen LogP) is 1.87. The van der Waals surface area contributed by atoms with Gasteiger partial charge in [-0.1, -0.05) is 19.3 Å². The molecule has 9 nitrogen and oxygen atoms in total. The van der Waals surface area contributed by atoms with Crippen LogP contribution >= 0.6 is 0 Å². The summed E-state index contributed by atoms with van der Waals surface area (Å²) in [5.41, 5.74) is 1.75. The molecule has 5 rings (SSSR count). The van der Waals surface area contributed by atoms with Crippen molar-refractivity contribution in [2.24, 2.45) is 0 Å². The molecule has 0 unspecified atom stereocenters. The Balaban J connectivity index is 1.52. The lowest BCUT2D eigenvalue weighted by molar-refractivity contribution is -0.124. The van der Waals surface area contributed by atoms with Crippen LogP contribution in [0.1, 0.15) is 56.9 Å². The summed E-state index contributed by atoms with van der Waals surface area (Å²) < 4.78 is 1.67. The highest BCUT2D eigenvalue weighted by molar-refractivity contribution is 6.15. The van der Waals surface area contributed by atoms with Crippen molar-refractivity contribution in [2.75, 3.05) is 10.6 Å². The van der Waals surface area contributed by atoms with Crippen molar-refractivity contribution in [1.82, 2.24) is 24.9 Å². The summed E-state index contributed by atoms with van der Waals surface area (Å²) in [6.07, 6.45) is 11.7. The predicted molar refractivity (Wildman–Crippen MR) is 104 cm³/mol. The summed E-state index contributed by atoms with van der Waals surface area (Å²) in [5, 5.41) is 13.6. The fraction of sp³-hybridized carbons (Fsp3) is 0.526. The van der Waals surface area contributed by atoms with Crippen LogP contribution in [0, 0.1) is 0 Å². The number of aromatic nitrogens is 4. The molecular weight excluding hydrogens is 358 g/mol. The third-order valence-corrected chi connectivity index (χ3v) is 5.47. The molecule has 0 spiro atoms. The van der Waals surface area contributed by atoms with Gasteiger partial charge in [0.25, 0.3) is 5.91 Å². The van der Waals surface area contributed by atoms with Crippen molar-refractivity contribution in [3.05, 3.63) is 17.3 Å². The number of imide groups is 1. The van der Waals surface area contributed by atoms with Crippen molar-refractivity contribution in [3.63, 3.8) is 0 Å². The van der Waals surface area contributed by atoms with E-state index in [-0.39, 0.29) is 18.2 Å². The maximum Gasteiger partial charge on any atom is 0.254 e. The number of hydrogen-bond donors (Lipinski definition) is 3. The second-order valence-corrected chi connectivity index (χ2v) is 7.83. The quantitative estimate of drug-likeness (QED) is 0.535. The summed E-state index contributed by atoms with van der Waals surface area (Å²) in [4.78, 5) is 32.7. The number of carbonyl (C=O) groups excluding carboxylic acids is 2. The van der Waals surface area contributed by atoms with Gasteiger partial charge < -0.3 is 10.6 Å². The number of fused-ring (bicyclic) bond motifs is 1. The van der Waals surface area contributed by atoms with Crippen LogP contribution in [-0.4, -0.2) is 43.5 Å². The van der Waals surface area contributed by atoms with E-state index < -0.39 is 0 Å². The number of amides is 2. The average molecular weight is 381 g/mol. The molecule has 1 saturated heterocycles. The first-order valence-electron chi connectivity index (χ1n) is 9.99. The Hall–Kier alpha value is -2.97. The van der Waals surface area contributed by atoms with Crippen LogP contribution in [-0.2, 0) is 9.59 Å². The molecule has 3 fully saturated rings. The Kier molecular flexibility index (Phi) is 4.22. The Morgan fingerprint density at radius 1 is 1.04 bits per heavy atom. The van der Waals surface area contributed by atoms with Crippen LogP contribution in [0.2, 0.25) is 0 Å². The van der Waals surface area contributed by atoms with Gasteiger partial charge in [-0.25, -0.2) is 0 Å². The Bertz CT molecular complexity index is 970. The van der Waals surface area contributed by atoms with Gasteiger partial charge in [0.05, 0.1) is 12.6 Å². The van der Waals surface area contributed by atoms with Gasteiger partial charge in [-0.3, -0.25) is 14.9 Å². The van der Waals surface area contributed by atoms with Gasteiger partial charge in [0.2, 0.25) is 17.8 Å². The fourth-order valence-corrected chi connectivity index (χ4v) is 3.80. The lowest BCUT2D eigenvalue weighted by Gasteiger charge is -2.23. The van der Waals surface area contributed by atoms with Crippen LogP contribution in [0.15, 0.2) is 11.8 Å². The first kappa shape index (κ1) is 17.2. The van der Waals surface area contributed by atoms with Crippen LogP contribution in [0.25, 0.3) is 11.7 Å². The minimum absolute atomic E-state index is 0.0849. The van der Waals surface area contributed by atoms with Crippen molar-refractivity contribution >= 4 is 35.4 Å². The lowest BCUT2D eigenvalue weighted by atomic mass is 9.96. The molecule has 0 radical (unpaired) electrons. The molecule has 1 aliphatic heterocycles. The van der Waals surface area contributed by atoms with Gasteiger partial charge >= 0.3 is 0 Å². The van der Waals surface area contributed by atoms with E-state index >= 15 is 0 Å². The van der Waals surface area contributed by atoms with Gasteiger partial charge in [0, 0.05) is 23.2 Å². The van der Waals surface area contributed by atoms with Crippen LogP contribution in [0.5, 0.6) is 0 Å². The summed E-state index contributed by atoms with van der Waals surface area (Å²) in [5.74, 6) is 0.602. The molecule has 0 aromatic carbocycles. The van der Waals surface area contributed by atoms with Crippen molar-refractivity contribution in [1.29, 1.82) is 0 Å². The molecule has 2 saturated carbocycles. The number of nitrogens with zero attached hydrogens (tertiary/aromatic N) is 4. The van der Waals surface area contributed by atoms with Gasteiger partial charge in [-0.15, -0.1) is 0 Å². The standard InChI is InChI=1S/C19H23N7O2/c27-15-9-11(17(28)23-15)8-12-10-20-26-16(12)24-18(21-13-4-2-1-3-5-13)25-19(26)22-14-6-7-14/h8,10,13-14H,1-7,9H2,(H,23,27,28)(H2,21,22,24,25)/b11-8+.